The quantitative estimate of drug-likeness (QED) is 0.760. The van der Waals surface area contributed by atoms with E-state index < -0.39 is 0 Å². The molecule has 72 valence electrons. The number of halogens is 1. The fourth-order valence-electron chi connectivity index (χ4n) is 1.14. The summed E-state index contributed by atoms with van der Waals surface area (Å²) >= 11 is 3.19. The van der Waals surface area contributed by atoms with Gasteiger partial charge in [0, 0.05) is 12.4 Å². The summed E-state index contributed by atoms with van der Waals surface area (Å²) in [7, 11) is 0. The lowest BCUT2D eigenvalue weighted by atomic mass is 9.84. The molecule has 4 heteroatoms. The Bertz CT molecular complexity index is 231. The summed E-state index contributed by atoms with van der Waals surface area (Å²) in [6, 6.07) is 0. The lowest BCUT2D eigenvalue weighted by molar-refractivity contribution is 0.0513. The Morgan fingerprint density at radius 3 is 2.08 bits per heavy atom. The third-order valence-electron chi connectivity index (χ3n) is 1.88. The van der Waals surface area contributed by atoms with Crippen LogP contribution in [-0.2, 0) is 0 Å². The van der Waals surface area contributed by atoms with E-state index in [4.69, 9.17) is 5.11 Å². The molecule has 1 N–H and O–H groups in total. The number of hydrogen-bond donors (Lipinski definition) is 1. The summed E-state index contributed by atoms with van der Waals surface area (Å²) in [5.41, 5.74) is 0. The predicted molar refractivity (Wildman–Crippen MR) is 54.1 cm³/mol. The first kappa shape index (κ1) is 10.6. The molecule has 0 aromatic carbocycles. The zero-order valence-corrected chi connectivity index (χ0v) is 9.11. The van der Waals surface area contributed by atoms with E-state index in [0.717, 1.165) is 23.2 Å². The van der Waals surface area contributed by atoms with E-state index in [1.807, 2.05) is 0 Å². The maximum atomic E-state index is 8.62. The Balaban J connectivity index is 0.000000132. The summed E-state index contributed by atoms with van der Waals surface area (Å²) in [4.78, 5) is 7.45. The van der Waals surface area contributed by atoms with E-state index in [2.05, 4.69) is 32.8 Å². The topological polar surface area (TPSA) is 46.0 Å². The van der Waals surface area contributed by atoms with Gasteiger partial charge in [-0.2, -0.15) is 0 Å². The van der Waals surface area contributed by atoms with Gasteiger partial charge in [-0.1, -0.05) is 6.92 Å². The van der Waals surface area contributed by atoms with Crippen LogP contribution in [0.3, 0.4) is 0 Å². The fourth-order valence-corrected chi connectivity index (χ4v) is 1.38. The van der Waals surface area contributed by atoms with Gasteiger partial charge in [-0.05, 0) is 34.7 Å². The molecule has 0 aliphatic heterocycles. The molecule has 1 saturated carbocycles. The minimum Gasteiger partial charge on any atom is -0.393 e. The van der Waals surface area contributed by atoms with Crippen molar-refractivity contribution in [2.24, 2.45) is 5.92 Å². The number of hydrogen-bond acceptors (Lipinski definition) is 3. The van der Waals surface area contributed by atoms with E-state index in [-0.39, 0.29) is 6.10 Å². The van der Waals surface area contributed by atoms with Crippen LogP contribution in [0.1, 0.15) is 19.8 Å². The highest BCUT2D eigenvalue weighted by Gasteiger charge is 2.21. The molecule has 1 aromatic heterocycles. The van der Waals surface area contributed by atoms with E-state index in [1.54, 1.807) is 12.4 Å². The summed E-state index contributed by atoms with van der Waals surface area (Å²) < 4.78 is 0.912. The molecule has 0 radical (unpaired) electrons. The molecule has 0 spiro atoms. The lowest BCUT2D eigenvalue weighted by Gasteiger charge is -2.27. The van der Waals surface area contributed by atoms with Gasteiger partial charge < -0.3 is 5.11 Å². The maximum absolute atomic E-state index is 8.62. The van der Waals surface area contributed by atoms with Crippen LogP contribution < -0.4 is 0 Å². The minimum absolute atomic E-state index is 0.0417. The smallest absolute Gasteiger partial charge is 0.115 e. The first-order chi connectivity index (χ1) is 6.18. The maximum Gasteiger partial charge on any atom is 0.115 e. The second-order valence-electron chi connectivity index (χ2n) is 3.29. The third kappa shape index (κ3) is 4.33. The van der Waals surface area contributed by atoms with Gasteiger partial charge in [0.2, 0.25) is 0 Å². The first-order valence-electron chi connectivity index (χ1n) is 4.27. The van der Waals surface area contributed by atoms with Crippen LogP contribution >= 0.6 is 15.9 Å². The summed E-state index contributed by atoms with van der Waals surface area (Å²) in [5, 5.41) is 8.62. The Labute approximate surface area is 86.4 Å². The van der Waals surface area contributed by atoms with Crippen LogP contribution in [0.2, 0.25) is 0 Å². The molecule has 1 aliphatic rings. The van der Waals surface area contributed by atoms with Crippen LogP contribution in [0.4, 0.5) is 0 Å². The van der Waals surface area contributed by atoms with Gasteiger partial charge in [0.15, 0.2) is 0 Å². The highest BCUT2D eigenvalue weighted by Crippen LogP contribution is 2.25. The SMILES string of the molecule is Brc1cncnc1.CC1CC(O)C1. The molecular formula is C9H13BrN2O. The standard InChI is InChI=1S/C5H10O.C4H3BrN2/c1-4-2-5(6)3-4;5-4-1-6-3-7-2-4/h4-6H,2-3H2,1H3;1-3H. The van der Waals surface area contributed by atoms with Gasteiger partial charge in [-0.15, -0.1) is 0 Å². The molecule has 13 heavy (non-hydrogen) atoms. The first-order valence-corrected chi connectivity index (χ1v) is 5.06. The van der Waals surface area contributed by atoms with Gasteiger partial charge in [0.05, 0.1) is 10.6 Å². The summed E-state index contributed by atoms with van der Waals surface area (Å²) in [6.07, 6.45) is 6.96. The van der Waals surface area contributed by atoms with Crippen LogP contribution in [-0.4, -0.2) is 21.2 Å². The normalized spacial score (nSPS) is 25.5. The van der Waals surface area contributed by atoms with Crippen LogP contribution in [0.25, 0.3) is 0 Å². The molecule has 1 aromatic rings. The van der Waals surface area contributed by atoms with Crippen molar-refractivity contribution in [3.8, 4) is 0 Å². The molecule has 0 unspecified atom stereocenters. The van der Waals surface area contributed by atoms with Gasteiger partial charge in [0.25, 0.3) is 0 Å². The van der Waals surface area contributed by atoms with E-state index >= 15 is 0 Å². The number of nitrogens with zero attached hydrogens (tertiary/aromatic N) is 2. The molecule has 3 nitrogen and oxygen atoms in total. The largest absolute Gasteiger partial charge is 0.393 e. The second-order valence-corrected chi connectivity index (χ2v) is 4.20. The van der Waals surface area contributed by atoms with E-state index in [9.17, 15) is 0 Å². The molecule has 0 saturated heterocycles. The molecular weight excluding hydrogens is 232 g/mol. The molecule has 1 fully saturated rings. The van der Waals surface area contributed by atoms with Crippen LogP contribution in [0, 0.1) is 5.92 Å². The molecule has 0 bridgehead atoms. The summed E-state index contributed by atoms with van der Waals surface area (Å²) in [6.45, 7) is 2.16. The number of aliphatic hydroxyl groups excluding tert-OH is 1. The van der Waals surface area contributed by atoms with E-state index in [1.165, 1.54) is 6.33 Å². The monoisotopic (exact) mass is 244 g/mol. The van der Waals surface area contributed by atoms with Crippen molar-refractivity contribution in [2.75, 3.05) is 0 Å². The number of aliphatic hydroxyl groups is 1. The molecule has 1 heterocycles. The minimum atomic E-state index is 0.0417. The molecule has 0 atom stereocenters. The van der Waals surface area contributed by atoms with Crippen molar-refractivity contribution < 1.29 is 5.11 Å². The fraction of sp³-hybridized carbons (Fsp3) is 0.556. The Hall–Kier alpha value is -0.480. The zero-order chi connectivity index (χ0) is 9.68. The summed E-state index contributed by atoms with van der Waals surface area (Å²) in [5.74, 6) is 0.792. The molecule has 1 aliphatic carbocycles. The Kier molecular flexibility index (Phi) is 4.32. The van der Waals surface area contributed by atoms with Crippen molar-refractivity contribution in [1.82, 2.24) is 9.97 Å². The van der Waals surface area contributed by atoms with Crippen molar-refractivity contribution in [1.29, 1.82) is 0 Å². The van der Waals surface area contributed by atoms with Crippen molar-refractivity contribution in [3.63, 3.8) is 0 Å². The van der Waals surface area contributed by atoms with Gasteiger partial charge in [-0.25, -0.2) is 9.97 Å². The van der Waals surface area contributed by atoms with Crippen molar-refractivity contribution in [2.45, 2.75) is 25.9 Å². The average Bonchev–Trinajstić information content (AvgIpc) is 2.05. The van der Waals surface area contributed by atoms with Gasteiger partial charge in [0.1, 0.15) is 6.33 Å². The highest BCUT2D eigenvalue weighted by atomic mass is 79.9. The highest BCUT2D eigenvalue weighted by molar-refractivity contribution is 9.10. The average molecular weight is 245 g/mol. The number of rotatable bonds is 0. The van der Waals surface area contributed by atoms with Crippen LogP contribution in [0.5, 0.6) is 0 Å². The Morgan fingerprint density at radius 2 is 1.92 bits per heavy atom. The third-order valence-corrected chi connectivity index (χ3v) is 2.29. The zero-order valence-electron chi connectivity index (χ0n) is 7.52. The van der Waals surface area contributed by atoms with E-state index in [0.29, 0.717) is 0 Å². The Morgan fingerprint density at radius 1 is 1.38 bits per heavy atom. The van der Waals surface area contributed by atoms with Crippen molar-refractivity contribution in [3.05, 3.63) is 23.2 Å². The molecule has 0 amide bonds. The molecule has 2 rings (SSSR count). The predicted octanol–water partition coefficient (Wildman–Crippen LogP) is 2.02. The van der Waals surface area contributed by atoms with Crippen molar-refractivity contribution >= 4 is 15.9 Å². The lowest BCUT2D eigenvalue weighted by Crippen LogP contribution is -2.25. The van der Waals surface area contributed by atoms with Gasteiger partial charge in [-0.3, -0.25) is 0 Å². The van der Waals surface area contributed by atoms with Crippen LogP contribution in [0.15, 0.2) is 23.2 Å². The second kappa shape index (κ2) is 5.29. The number of aromatic nitrogens is 2. The van der Waals surface area contributed by atoms with Gasteiger partial charge >= 0.3 is 0 Å².